The third-order valence-corrected chi connectivity index (χ3v) is 9.14. The summed E-state index contributed by atoms with van der Waals surface area (Å²) in [4.78, 5) is 0. The van der Waals surface area contributed by atoms with Crippen molar-refractivity contribution in [1.29, 1.82) is 0 Å². The molecule has 0 radical (unpaired) electrons. The molecule has 4 aliphatic carbocycles. The highest BCUT2D eigenvalue weighted by molar-refractivity contribution is 5.28. The Labute approximate surface area is 146 Å². The molecule has 0 aromatic carbocycles. The largest absolute Gasteiger partial charge is 0.395 e. The number of aliphatic hydroxyl groups excluding tert-OH is 2. The predicted octanol–water partition coefficient (Wildman–Crippen LogP) is 3.28. The van der Waals surface area contributed by atoms with Gasteiger partial charge >= 0.3 is 0 Å². The normalized spacial score (nSPS) is 56.9. The molecule has 0 aromatic heterocycles. The van der Waals surface area contributed by atoms with Crippen molar-refractivity contribution in [2.75, 3.05) is 6.61 Å². The first-order chi connectivity index (χ1) is 11.3. The molecule has 3 fully saturated rings. The molecule has 0 saturated heterocycles. The second-order valence-electron chi connectivity index (χ2n) is 9.78. The smallest absolute Gasteiger partial charge is 0.0726 e. The molecule has 0 aromatic rings. The van der Waals surface area contributed by atoms with Crippen LogP contribution in [0.2, 0.25) is 0 Å². The van der Waals surface area contributed by atoms with Crippen molar-refractivity contribution in [3.8, 4) is 0 Å². The Balaban J connectivity index is 1.74. The Morgan fingerprint density at radius 3 is 2.54 bits per heavy atom. The van der Waals surface area contributed by atoms with E-state index in [1.807, 2.05) is 6.92 Å². The summed E-state index contributed by atoms with van der Waals surface area (Å²) in [6.45, 7) is 6.80. The van der Waals surface area contributed by atoms with Crippen LogP contribution in [0.1, 0.15) is 65.7 Å². The molecule has 3 unspecified atom stereocenters. The van der Waals surface area contributed by atoms with Gasteiger partial charge in [0.1, 0.15) is 0 Å². The van der Waals surface area contributed by atoms with Gasteiger partial charge < -0.3 is 15.3 Å². The molecule has 0 spiro atoms. The molecular weight excluding hydrogens is 300 g/mol. The number of hydrogen-bond acceptors (Lipinski definition) is 3. The van der Waals surface area contributed by atoms with E-state index in [9.17, 15) is 15.3 Å². The first kappa shape index (κ1) is 17.1. The van der Waals surface area contributed by atoms with E-state index >= 15 is 0 Å². The summed E-state index contributed by atoms with van der Waals surface area (Å²) >= 11 is 0. The van der Waals surface area contributed by atoms with Crippen LogP contribution in [0, 0.1) is 34.5 Å². The number of rotatable bonds is 1. The lowest BCUT2D eigenvalue weighted by atomic mass is 9.44. The van der Waals surface area contributed by atoms with Crippen LogP contribution < -0.4 is 0 Å². The van der Waals surface area contributed by atoms with Crippen LogP contribution in [-0.2, 0) is 0 Å². The number of fused-ring (bicyclic) bond motifs is 5. The molecule has 4 rings (SSSR count). The molecule has 3 saturated carbocycles. The fraction of sp³-hybridized carbons (Fsp3) is 0.905. The van der Waals surface area contributed by atoms with Gasteiger partial charge in [-0.25, -0.2) is 0 Å². The molecule has 0 bridgehead atoms. The van der Waals surface area contributed by atoms with Crippen molar-refractivity contribution in [2.45, 2.75) is 77.4 Å². The second-order valence-corrected chi connectivity index (χ2v) is 9.78. The quantitative estimate of drug-likeness (QED) is 0.645. The van der Waals surface area contributed by atoms with E-state index in [4.69, 9.17) is 0 Å². The summed E-state index contributed by atoms with van der Waals surface area (Å²) in [5.41, 5.74) is 0.687. The summed E-state index contributed by atoms with van der Waals surface area (Å²) in [6, 6.07) is 0. The van der Waals surface area contributed by atoms with Crippen LogP contribution in [0.4, 0.5) is 0 Å². The van der Waals surface area contributed by atoms with Crippen LogP contribution in [0.15, 0.2) is 11.6 Å². The molecule has 0 heterocycles. The topological polar surface area (TPSA) is 60.7 Å². The molecule has 3 nitrogen and oxygen atoms in total. The summed E-state index contributed by atoms with van der Waals surface area (Å²) in [5, 5.41) is 31.7. The van der Waals surface area contributed by atoms with Crippen molar-refractivity contribution in [3.05, 3.63) is 11.6 Å². The van der Waals surface area contributed by atoms with E-state index < -0.39 is 5.60 Å². The Kier molecular flexibility index (Phi) is 3.77. The van der Waals surface area contributed by atoms with Crippen LogP contribution in [-0.4, -0.2) is 33.6 Å². The van der Waals surface area contributed by atoms with Gasteiger partial charge in [-0.1, -0.05) is 25.5 Å². The fourth-order valence-corrected chi connectivity index (χ4v) is 7.53. The minimum absolute atomic E-state index is 0.0312. The van der Waals surface area contributed by atoms with E-state index in [0.29, 0.717) is 23.7 Å². The van der Waals surface area contributed by atoms with Gasteiger partial charge in [-0.2, -0.15) is 0 Å². The van der Waals surface area contributed by atoms with Gasteiger partial charge in [0, 0.05) is 5.41 Å². The monoisotopic (exact) mass is 334 g/mol. The van der Waals surface area contributed by atoms with E-state index in [2.05, 4.69) is 19.9 Å². The summed E-state index contributed by atoms with van der Waals surface area (Å²) in [5.74, 6) is 2.03. The molecular formula is C21H34O3. The second kappa shape index (κ2) is 5.31. The summed E-state index contributed by atoms with van der Waals surface area (Å²) < 4.78 is 0. The fourth-order valence-electron chi connectivity index (χ4n) is 7.53. The van der Waals surface area contributed by atoms with Crippen molar-refractivity contribution in [3.63, 3.8) is 0 Å². The Morgan fingerprint density at radius 1 is 1.12 bits per heavy atom. The minimum Gasteiger partial charge on any atom is -0.395 e. The summed E-state index contributed by atoms with van der Waals surface area (Å²) in [7, 11) is 0. The maximum atomic E-state index is 11.0. The number of aliphatic hydroxyl groups is 3. The van der Waals surface area contributed by atoms with Gasteiger partial charge in [-0.3, -0.25) is 0 Å². The maximum absolute atomic E-state index is 11.0. The van der Waals surface area contributed by atoms with Gasteiger partial charge in [0.2, 0.25) is 0 Å². The van der Waals surface area contributed by atoms with Crippen molar-refractivity contribution >= 4 is 0 Å². The Hall–Kier alpha value is -0.380. The highest BCUT2D eigenvalue weighted by Crippen LogP contribution is 2.68. The molecule has 3 heteroatoms. The zero-order valence-electron chi connectivity index (χ0n) is 15.5. The maximum Gasteiger partial charge on any atom is 0.0726 e. The molecule has 4 aliphatic rings. The SMILES string of the molecule is CC1CC(O)C=C2CC[C@@H]3[C@@H](CC[C@@]4(C)[C@H]3CCC4(C)O)[C@]21CO. The average molecular weight is 335 g/mol. The molecule has 0 aliphatic heterocycles. The zero-order chi connectivity index (χ0) is 17.3. The van der Waals surface area contributed by atoms with Crippen molar-refractivity contribution in [1.82, 2.24) is 0 Å². The van der Waals surface area contributed by atoms with E-state index in [0.717, 1.165) is 44.9 Å². The highest BCUT2D eigenvalue weighted by atomic mass is 16.3. The third kappa shape index (κ3) is 1.95. The molecule has 136 valence electrons. The van der Waals surface area contributed by atoms with E-state index in [-0.39, 0.29) is 23.5 Å². The highest BCUT2D eigenvalue weighted by Gasteiger charge is 2.64. The third-order valence-electron chi connectivity index (χ3n) is 9.14. The predicted molar refractivity (Wildman–Crippen MR) is 94.3 cm³/mol. The molecule has 3 N–H and O–H groups in total. The van der Waals surface area contributed by atoms with Gasteiger partial charge in [0.15, 0.2) is 0 Å². The minimum atomic E-state index is -0.542. The zero-order valence-corrected chi connectivity index (χ0v) is 15.5. The molecule has 24 heavy (non-hydrogen) atoms. The molecule has 8 atom stereocenters. The first-order valence-electron chi connectivity index (χ1n) is 9.99. The van der Waals surface area contributed by atoms with Gasteiger partial charge in [0.25, 0.3) is 0 Å². The van der Waals surface area contributed by atoms with Gasteiger partial charge in [0.05, 0.1) is 18.3 Å². The van der Waals surface area contributed by atoms with E-state index in [1.165, 1.54) is 5.57 Å². The Morgan fingerprint density at radius 2 is 1.83 bits per heavy atom. The van der Waals surface area contributed by atoms with E-state index in [1.54, 1.807) is 0 Å². The summed E-state index contributed by atoms with van der Waals surface area (Å²) in [6.07, 6.45) is 8.88. The van der Waals surface area contributed by atoms with Crippen LogP contribution in [0.5, 0.6) is 0 Å². The number of hydrogen-bond donors (Lipinski definition) is 3. The average Bonchev–Trinajstić information content (AvgIpc) is 2.77. The van der Waals surface area contributed by atoms with Crippen LogP contribution in [0.25, 0.3) is 0 Å². The lowest BCUT2D eigenvalue weighted by Crippen LogP contribution is -2.57. The van der Waals surface area contributed by atoms with Gasteiger partial charge in [-0.05, 0) is 81.0 Å². The van der Waals surface area contributed by atoms with Crippen LogP contribution in [0.3, 0.4) is 0 Å². The van der Waals surface area contributed by atoms with Crippen molar-refractivity contribution < 1.29 is 15.3 Å². The first-order valence-corrected chi connectivity index (χ1v) is 9.99. The Bertz CT molecular complexity index is 553. The standard InChI is InChI=1S/C21H34O3/c1-13-10-15(23)11-14-4-5-16-17-7-9-20(3,24)19(17,2)8-6-18(16)21(13,14)12-22/h11,13,15-18,22-24H,4-10,12H2,1-3H3/t13?,15?,16-,17-,18+,19-,20?,21-/m0/s1. The molecule has 0 amide bonds. The van der Waals surface area contributed by atoms with Crippen LogP contribution >= 0.6 is 0 Å². The lowest BCUT2D eigenvalue weighted by Gasteiger charge is -2.61. The lowest BCUT2D eigenvalue weighted by molar-refractivity contribution is -0.137. The van der Waals surface area contributed by atoms with Crippen molar-refractivity contribution in [2.24, 2.45) is 34.5 Å². The van der Waals surface area contributed by atoms with Gasteiger partial charge in [-0.15, -0.1) is 0 Å².